The first kappa shape index (κ1) is 9.49. The summed E-state index contributed by atoms with van der Waals surface area (Å²) in [6.07, 6.45) is 0.406. The Morgan fingerprint density at radius 3 is 2.79 bits per heavy atom. The maximum Gasteiger partial charge on any atom is 0.119 e. The normalized spacial score (nSPS) is 27.5. The number of rotatable bonds is 1. The summed E-state index contributed by atoms with van der Waals surface area (Å²) in [6.45, 7) is 1.59. The van der Waals surface area contributed by atoms with Crippen LogP contribution < -0.4 is 5.32 Å². The fraction of sp³-hybridized carbons (Fsp3) is 0.455. The van der Waals surface area contributed by atoms with Crippen LogP contribution in [0.2, 0.25) is 0 Å². The van der Waals surface area contributed by atoms with Gasteiger partial charge in [-0.25, -0.2) is 0 Å². The molecule has 1 aliphatic rings. The highest BCUT2D eigenvalue weighted by Crippen LogP contribution is 2.30. The lowest BCUT2D eigenvalue weighted by Crippen LogP contribution is -2.38. The van der Waals surface area contributed by atoms with Gasteiger partial charge in [0.25, 0.3) is 0 Å². The third-order valence-corrected chi connectivity index (χ3v) is 2.78. The number of para-hydroxylation sites is 1. The summed E-state index contributed by atoms with van der Waals surface area (Å²) in [5, 5.41) is 22.7. The number of phenolic OH excluding ortho intramolecular Hbond substituents is 1. The van der Waals surface area contributed by atoms with Crippen LogP contribution >= 0.6 is 0 Å². The fourth-order valence-corrected chi connectivity index (χ4v) is 1.96. The number of aliphatic hydroxyl groups excluding tert-OH is 1. The van der Waals surface area contributed by atoms with Crippen molar-refractivity contribution in [3.8, 4) is 5.75 Å². The molecule has 1 aliphatic heterocycles. The molecule has 76 valence electrons. The van der Waals surface area contributed by atoms with E-state index in [2.05, 4.69) is 5.32 Å². The zero-order chi connectivity index (χ0) is 9.97. The molecule has 3 nitrogen and oxygen atoms in total. The van der Waals surface area contributed by atoms with Gasteiger partial charge in [-0.3, -0.25) is 0 Å². The van der Waals surface area contributed by atoms with Crippen molar-refractivity contribution >= 4 is 0 Å². The second-order valence-corrected chi connectivity index (χ2v) is 3.73. The number of hydrogen-bond acceptors (Lipinski definition) is 3. The van der Waals surface area contributed by atoms with Crippen LogP contribution in [0.3, 0.4) is 0 Å². The molecule has 1 saturated heterocycles. The monoisotopic (exact) mass is 193 g/mol. The topological polar surface area (TPSA) is 52.5 Å². The second kappa shape index (κ2) is 3.98. The van der Waals surface area contributed by atoms with Crippen LogP contribution in [0.1, 0.15) is 17.9 Å². The molecule has 0 amide bonds. The van der Waals surface area contributed by atoms with Gasteiger partial charge in [-0.2, -0.15) is 0 Å². The molecule has 0 radical (unpaired) electrons. The standard InChI is InChI=1S/C11H15NO2/c13-10-4-2-1-3-8(10)9-7-12-6-5-11(9)14/h1-4,9,11-14H,5-7H2. The van der Waals surface area contributed by atoms with Crippen LogP contribution in [0.25, 0.3) is 0 Å². The number of hydrogen-bond donors (Lipinski definition) is 3. The average Bonchev–Trinajstić information content (AvgIpc) is 2.20. The summed E-state index contributed by atoms with van der Waals surface area (Å²) in [4.78, 5) is 0. The summed E-state index contributed by atoms with van der Waals surface area (Å²) in [7, 11) is 0. The Bertz CT molecular complexity index is 314. The van der Waals surface area contributed by atoms with Crippen molar-refractivity contribution in [2.45, 2.75) is 18.4 Å². The van der Waals surface area contributed by atoms with E-state index in [1.165, 1.54) is 0 Å². The lowest BCUT2D eigenvalue weighted by atomic mass is 9.88. The predicted molar refractivity (Wildman–Crippen MR) is 54.3 cm³/mol. The average molecular weight is 193 g/mol. The van der Waals surface area contributed by atoms with E-state index in [0.717, 1.165) is 25.1 Å². The van der Waals surface area contributed by atoms with E-state index in [-0.39, 0.29) is 17.8 Å². The zero-order valence-electron chi connectivity index (χ0n) is 7.98. The molecule has 0 spiro atoms. The van der Waals surface area contributed by atoms with E-state index in [0.29, 0.717) is 0 Å². The van der Waals surface area contributed by atoms with E-state index < -0.39 is 0 Å². The molecular weight excluding hydrogens is 178 g/mol. The Kier molecular flexibility index (Phi) is 2.70. The van der Waals surface area contributed by atoms with Crippen molar-refractivity contribution in [3.05, 3.63) is 29.8 Å². The first-order valence-electron chi connectivity index (χ1n) is 4.95. The minimum Gasteiger partial charge on any atom is -0.508 e. The van der Waals surface area contributed by atoms with Crippen LogP contribution in [0.5, 0.6) is 5.75 Å². The van der Waals surface area contributed by atoms with Gasteiger partial charge in [0.1, 0.15) is 5.75 Å². The fourth-order valence-electron chi connectivity index (χ4n) is 1.96. The van der Waals surface area contributed by atoms with E-state index in [1.54, 1.807) is 12.1 Å². The summed E-state index contributed by atoms with van der Waals surface area (Å²) >= 11 is 0. The Hall–Kier alpha value is -1.06. The number of piperidine rings is 1. The van der Waals surface area contributed by atoms with Crippen molar-refractivity contribution in [1.82, 2.24) is 5.32 Å². The van der Waals surface area contributed by atoms with Crippen LogP contribution in [-0.2, 0) is 0 Å². The second-order valence-electron chi connectivity index (χ2n) is 3.73. The number of aliphatic hydroxyl groups is 1. The summed E-state index contributed by atoms with van der Waals surface area (Å²) in [6, 6.07) is 7.21. The predicted octanol–water partition coefficient (Wildman–Crippen LogP) is 0.830. The Labute approximate surface area is 83.4 Å². The molecular formula is C11H15NO2. The highest BCUT2D eigenvalue weighted by molar-refractivity contribution is 5.36. The molecule has 3 heteroatoms. The van der Waals surface area contributed by atoms with E-state index in [1.807, 2.05) is 12.1 Å². The Balaban J connectivity index is 2.25. The number of nitrogens with one attached hydrogen (secondary N) is 1. The Morgan fingerprint density at radius 2 is 2.07 bits per heavy atom. The minimum absolute atomic E-state index is 0.0185. The first-order valence-corrected chi connectivity index (χ1v) is 4.95. The van der Waals surface area contributed by atoms with Crippen molar-refractivity contribution < 1.29 is 10.2 Å². The molecule has 1 aromatic carbocycles. The van der Waals surface area contributed by atoms with Gasteiger partial charge in [0.2, 0.25) is 0 Å². The molecule has 0 saturated carbocycles. The maximum atomic E-state index is 9.80. The van der Waals surface area contributed by atoms with E-state index in [9.17, 15) is 10.2 Å². The van der Waals surface area contributed by atoms with Crippen LogP contribution in [-0.4, -0.2) is 29.4 Å². The molecule has 0 bridgehead atoms. The van der Waals surface area contributed by atoms with Crippen molar-refractivity contribution in [2.75, 3.05) is 13.1 Å². The highest BCUT2D eigenvalue weighted by Gasteiger charge is 2.25. The molecule has 3 N–H and O–H groups in total. The molecule has 14 heavy (non-hydrogen) atoms. The SMILES string of the molecule is Oc1ccccc1C1CNCCC1O. The smallest absolute Gasteiger partial charge is 0.119 e. The largest absolute Gasteiger partial charge is 0.508 e. The van der Waals surface area contributed by atoms with Crippen LogP contribution in [0.4, 0.5) is 0 Å². The third-order valence-electron chi connectivity index (χ3n) is 2.78. The van der Waals surface area contributed by atoms with Gasteiger partial charge in [0.15, 0.2) is 0 Å². The van der Waals surface area contributed by atoms with Gasteiger partial charge >= 0.3 is 0 Å². The van der Waals surface area contributed by atoms with Gasteiger partial charge in [-0.05, 0) is 19.0 Å². The molecule has 1 fully saturated rings. The molecule has 2 atom stereocenters. The molecule has 2 unspecified atom stereocenters. The zero-order valence-corrected chi connectivity index (χ0v) is 7.98. The summed E-state index contributed by atoms with van der Waals surface area (Å²) < 4.78 is 0. The van der Waals surface area contributed by atoms with Gasteiger partial charge in [-0.1, -0.05) is 18.2 Å². The highest BCUT2D eigenvalue weighted by atomic mass is 16.3. The summed E-state index contributed by atoms with van der Waals surface area (Å²) in [5.41, 5.74) is 0.840. The van der Waals surface area contributed by atoms with E-state index >= 15 is 0 Å². The number of benzene rings is 1. The van der Waals surface area contributed by atoms with Crippen molar-refractivity contribution in [2.24, 2.45) is 0 Å². The number of aromatic hydroxyl groups is 1. The Morgan fingerprint density at radius 1 is 1.29 bits per heavy atom. The van der Waals surface area contributed by atoms with Crippen LogP contribution in [0.15, 0.2) is 24.3 Å². The first-order chi connectivity index (χ1) is 6.79. The molecule has 1 heterocycles. The molecule has 0 aliphatic carbocycles. The minimum atomic E-state index is -0.343. The van der Waals surface area contributed by atoms with Gasteiger partial charge in [0, 0.05) is 18.0 Å². The molecule has 0 aromatic heterocycles. The number of phenols is 1. The van der Waals surface area contributed by atoms with Crippen molar-refractivity contribution in [3.63, 3.8) is 0 Å². The lowest BCUT2D eigenvalue weighted by molar-refractivity contribution is 0.113. The van der Waals surface area contributed by atoms with Gasteiger partial charge in [-0.15, -0.1) is 0 Å². The van der Waals surface area contributed by atoms with E-state index in [4.69, 9.17) is 0 Å². The van der Waals surface area contributed by atoms with Gasteiger partial charge in [0.05, 0.1) is 6.10 Å². The van der Waals surface area contributed by atoms with Crippen LogP contribution in [0, 0.1) is 0 Å². The van der Waals surface area contributed by atoms with Gasteiger partial charge < -0.3 is 15.5 Å². The molecule has 2 rings (SSSR count). The molecule has 1 aromatic rings. The third kappa shape index (κ3) is 1.74. The lowest BCUT2D eigenvalue weighted by Gasteiger charge is -2.29. The maximum absolute atomic E-state index is 9.80. The quantitative estimate of drug-likeness (QED) is 0.619. The van der Waals surface area contributed by atoms with Crippen molar-refractivity contribution in [1.29, 1.82) is 0 Å². The summed E-state index contributed by atoms with van der Waals surface area (Å²) in [5.74, 6) is 0.296.